The molecule has 3 rings (SSSR count). The molecular weight excluding hydrogens is 320 g/mol. The third-order valence-corrected chi connectivity index (χ3v) is 4.22. The van der Waals surface area contributed by atoms with Crippen LogP contribution in [0, 0.1) is 0 Å². The number of ether oxygens (including phenoxy) is 2. The minimum Gasteiger partial charge on any atom is -0.486 e. The zero-order chi connectivity index (χ0) is 16.2. The van der Waals surface area contributed by atoms with Crippen LogP contribution in [-0.4, -0.2) is 49.3 Å². The number of nitrogens with one attached hydrogen (secondary N) is 3. The SMILES string of the molecule is CC(=O)Nc1cc(OC[C@@H]2CCN2)c(OC[C@@H]2CCN2)nc1Cl. The van der Waals surface area contributed by atoms with Gasteiger partial charge in [0.2, 0.25) is 5.91 Å². The van der Waals surface area contributed by atoms with Gasteiger partial charge in [-0.15, -0.1) is 0 Å². The molecule has 2 aliphatic heterocycles. The highest BCUT2D eigenvalue weighted by molar-refractivity contribution is 6.32. The molecule has 2 saturated heterocycles. The molecule has 0 bridgehead atoms. The molecule has 2 aliphatic rings. The van der Waals surface area contributed by atoms with E-state index in [1.807, 2.05) is 0 Å². The number of hydrogen-bond acceptors (Lipinski definition) is 6. The van der Waals surface area contributed by atoms with Crippen molar-refractivity contribution in [3.05, 3.63) is 11.2 Å². The van der Waals surface area contributed by atoms with Crippen molar-refractivity contribution in [2.24, 2.45) is 0 Å². The quantitative estimate of drug-likeness (QED) is 0.646. The van der Waals surface area contributed by atoms with Gasteiger partial charge in [0, 0.05) is 25.1 Å². The van der Waals surface area contributed by atoms with E-state index >= 15 is 0 Å². The normalized spacial score (nSPS) is 22.7. The molecule has 0 aliphatic carbocycles. The first kappa shape index (κ1) is 16.3. The van der Waals surface area contributed by atoms with Crippen LogP contribution < -0.4 is 25.4 Å². The van der Waals surface area contributed by atoms with E-state index in [4.69, 9.17) is 21.1 Å². The molecule has 1 aromatic rings. The monoisotopic (exact) mass is 340 g/mol. The predicted octanol–water partition coefficient (Wildman–Crippen LogP) is 1.17. The number of aromatic nitrogens is 1. The van der Waals surface area contributed by atoms with Crippen molar-refractivity contribution in [3.63, 3.8) is 0 Å². The van der Waals surface area contributed by atoms with Crippen molar-refractivity contribution in [2.45, 2.75) is 31.8 Å². The van der Waals surface area contributed by atoms with Crippen LogP contribution in [0.3, 0.4) is 0 Å². The Morgan fingerprint density at radius 1 is 1.30 bits per heavy atom. The average molecular weight is 341 g/mol. The van der Waals surface area contributed by atoms with Crippen LogP contribution in [0.1, 0.15) is 19.8 Å². The molecule has 2 atom stereocenters. The van der Waals surface area contributed by atoms with E-state index in [0.29, 0.717) is 42.6 Å². The maximum absolute atomic E-state index is 11.3. The van der Waals surface area contributed by atoms with E-state index < -0.39 is 0 Å². The molecule has 8 heteroatoms. The Balaban J connectivity index is 1.72. The second kappa shape index (κ2) is 7.33. The van der Waals surface area contributed by atoms with Crippen molar-refractivity contribution in [1.82, 2.24) is 15.6 Å². The number of halogens is 1. The molecule has 0 radical (unpaired) electrons. The maximum atomic E-state index is 11.3. The lowest BCUT2D eigenvalue weighted by Gasteiger charge is -2.29. The second-order valence-corrected chi connectivity index (χ2v) is 6.17. The summed E-state index contributed by atoms with van der Waals surface area (Å²) in [6.07, 6.45) is 2.17. The third kappa shape index (κ3) is 4.25. The van der Waals surface area contributed by atoms with Crippen molar-refractivity contribution < 1.29 is 14.3 Å². The Bertz CT molecular complexity index is 576. The number of carbonyl (C=O) groups excluding carboxylic acids is 1. The molecule has 1 amide bonds. The Morgan fingerprint density at radius 2 is 1.91 bits per heavy atom. The maximum Gasteiger partial charge on any atom is 0.258 e. The van der Waals surface area contributed by atoms with Crippen LogP contribution in [0.15, 0.2) is 6.07 Å². The summed E-state index contributed by atoms with van der Waals surface area (Å²) in [7, 11) is 0. The Kier molecular flexibility index (Phi) is 5.20. The van der Waals surface area contributed by atoms with Gasteiger partial charge < -0.3 is 25.4 Å². The summed E-state index contributed by atoms with van der Waals surface area (Å²) < 4.78 is 11.6. The fourth-order valence-electron chi connectivity index (χ4n) is 2.29. The Morgan fingerprint density at radius 3 is 2.43 bits per heavy atom. The molecule has 2 fully saturated rings. The fourth-order valence-corrected chi connectivity index (χ4v) is 2.47. The molecule has 1 aromatic heterocycles. The van der Waals surface area contributed by atoms with Crippen molar-refractivity contribution in [1.29, 1.82) is 0 Å². The molecule has 126 valence electrons. The van der Waals surface area contributed by atoms with Crippen LogP contribution in [0.4, 0.5) is 5.69 Å². The van der Waals surface area contributed by atoms with Crippen LogP contribution in [0.5, 0.6) is 11.6 Å². The van der Waals surface area contributed by atoms with Gasteiger partial charge in [0.15, 0.2) is 10.9 Å². The molecule has 7 nitrogen and oxygen atoms in total. The average Bonchev–Trinajstić information content (AvgIpc) is 2.39. The van der Waals surface area contributed by atoms with E-state index in [2.05, 4.69) is 20.9 Å². The highest BCUT2D eigenvalue weighted by atomic mass is 35.5. The number of rotatable bonds is 7. The van der Waals surface area contributed by atoms with E-state index in [0.717, 1.165) is 25.9 Å². The molecule has 3 N–H and O–H groups in total. The smallest absolute Gasteiger partial charge is 0.258 e. The van der Waals surface area contributed by atoms with Crippen LogP contribution in [-0.2, 0) is 4.79 Å². The Hall–Kier alpha value is -1.57. The summed E-state index contributed by atoms with van der Waals surface area (Å²) in [4.78, 5) is 15.5. The lowest BCUT2D eigenvalue weighted by atomic mass is 10.1. The number of nitrogens with zero attached hydrogens (tertiary/aromatic N) is 1. The topological polar surface area (TPSA) is 84.5 Å². The van der Waals surface area contributed by atoms with Crippen molar-refractivity contribution in [3.8, 4) is 11.6 Å². The highest BCUT2D eigenvalue weighted by Crippen LogP contribution is 2.33. The van der Waals surface area contributed by atoms with E-state index in [9.17, 15) is 4.79 Å². The molecule has 23 heavy (non-hydrogen) atoms. The van der Waals surface area contributed by atoms with Crippen LogP contribution in [0.25, 0.3) is 0 Å². The highest BCUT2D eigenvalue weighted by Gasteiger charge is 2.22. The zero-order valence-corrected chi connectivity index (χ0v) is 13.8. The summed E-state index contributed by atoms with van der Waals surface area (Å²) in [5.74, 6) is 0.635. The molecular formula is C15H21ClN4O3. The number of amides is 1. The molecule has 0 saturated carbocycles. The van der Waals surface area contributed by atoms with Crippen LogP contribution >= 0.6 is 11.6 Å². The predicted molar refractivity (Wildman–Crippen MR) is 87.4 cm³/mol. The Labute approximate surface area is 140 Å². The standard InChI is InChI=1S/C15H21ClN4O3/c1-9(21)19-12-6-13(22-7-10-2-4-17-10)15(20-14(12)16)23-8-11-3-5-18-11/h6,10-11,17-18H,2-5,7-8H2,1H3,(H,19,21)/t10-,11-/m0/s1. The summed E-state index contributed by atoms with van der Waals surface area (Å²) in [6.45, 7) is 4.49. The molecule has 0 aromatic carbocycles. The lowest BCUT2D eigenvalue weighted by molar-refractivity contribution is -0.114. The molecule has 0 spiro atoms. The minimum absolute atomic E-state index is 0.186. The van der Waals surface area contributed by atoms with Gasteiger partial charge in [-0.05, 0) is 25.9 Å². The number of carbonyl (C=O) groups is 1. The van der Waals surface area contributed by atoms with E-state index in [-0.39, 0.29) is 11.1 Å². The van der Waals surface area contributed by atoms with Crippen molar-refractivity contribution in [2.75, 3.05) is 31.6 Å². The van der Waals surface area contributed by atoms with Gasteiger partial charge >= 0.3 is 0 Å². The van der Waals surface area contributed by atoms with E-state index in [1.165, 1.54) is 6.92 Å². The van der Waals surface area contributed by atoms with Gasteiger partial charge in [0.1, 0.15) is 13.2 Å². The summed E-state index contributed by atoms with van der Waals surface area (Å²) >= 11 is 6.12. The number of pyridine rings is 1. The van der Waals surface area contributed by atoms with Gasteiger partial charge in [-0.25, -0.2) is 0 Å². The second-order valence-electron chi connectivity index (χ2n) is 5.81. The number of hydrogen-bond donors (Lipinski definition) is 3. The first-order valence-corrected chi connectivity index (χ1v) is 8.20. The van der Waals surface area contributed by atoms with Crippen molar-refractivity contribution >= 4 is 23.2 Å². The molecule has 0 unspecified atom stereocenters. The first-order valence-electron chi connectivity index (χ1n) is 7.82. The van der Waals surface area contributed by atoms with Gasteiger partial charge in [-0.3, -0.25) is 4.79 Å². The minimum atomic E-state index is -0.215. The summed E-state index contributed by atoms with van der Waals surface area (Å²) in [5.41, 5.74) is 0.421. The van der Waals surface area contributed by atoms with Gasteiger partial charge in [0.05, 0.1) is 5.69 Å². The third-order valence-electron chi connectivity index (χ3n) is 3.93. The zero-order valence-electron chi connectivity index (χ0n) is 13.0. The lowest BCUT2D eigenvalue weighted by Crippen LogP contribution is -2.47. The summed E-state index contributed by atoms with van der Waals surface area (Å²) in [6, 6.07) is 2.35. The largest absolute Gasteiger partial charge is 0.486 e. The fraction of sp³-hybridized carbons (Fsp3) is 0.600. The molecule has 3 heterocycles. The van der Waals surface area contributed by atoms with Gasteiger partial charge in [0.25, 0.3) is 5.88 Å². The first-order chi connectivity index (χ1) is 11.1. The van der Waals surface area contributed by atoms with Crippen LogP contribution in [0.2, 0.25) is 5.15 Å². The summed E-state index contributed by atoms with van der Waals surface area (Å²) in [5, 5.41) is 9.36. The van der Waals surface area contributed by atoms with E-state index in [1.54, 1.807) is 6.07 Å². The van der Waals surface area contributed by atoms with Gasteiger partial charge in [-0.1, -0.05) is 11.6 Å². The number of anilines is 1. The van der Waals surface area contributed by atoms with Gasteiger partial charge in [-0.2, -0.15) is 4.98 Å².